The van der Waals surface area contributed by atoms with Crippen LogP contribution in [-0.4, -0.2) is 28.0 Å². The van der Waals surface area contributed by atoms with Crippen molar-refractivity contribution in [1.29, 1.82) is 0 Å². The number of carbonyl (C=O) groups is 1. The molecule has 2 aromatic heterocycles. The van der Waals surface area contributed by atoms with Crippen molar-refractivity contribution in [3.05, 3.63) is 96.0 Å². The molecule has 0 bridgehead atoms. The smallest absolute Gasteiger partial charge is 0.234 e. The molecule has 142 valence electrons. The van der Waals surface area contributed by atoms with Crippen molar-refractivity contribution in [2.45, 2.75) is 12.5 Å². The number of amides is 1. The van der Waals surface area contributed by atoms with Crippen molar-refractivity contribution in [2.24, 2.45) is 0 Å². The van der Waals surface area contributed by atoms with Crippen LogP contribution in [-0.2, 0) is 11.3 Å². The van der Waals surface area contributed by atoms with Crippen LogP contribution in [0.4, 0.5) is 0 Å². The van der Waals surface area contributed by atoms with E-state index in [0.717, 1.165) is 33.5 Å². The van der Waals surface area contributed by atoms with Crippen LogP contribution in [0.1, 0.15) is 22.8 Å². The monoisotopic (exact) mass is 381 g/mol. The van der Waals surface area contributed by atoms with Gasteiger partial charge in [0.05, 0.1) is 12.5 Å². The Morgan fingerprint density at radius 3 is 2.24 bits per heavy atom. The van der Waals surface area contributed by atoms with Gasteiger partial charge in [-0.05, 0) is 34.4 Å². The van der Waals surface area contributed by atoms with Gasteiger partial charge in [-0.15, -0.1) is 0 Å². The molecule has 5 nitrogen and oxygen atoms in total. The van der Waals surface area contributed by atoms with Crippen molar-refractivity contribution >= 4 is 5.91 Å². The van der Waals surface area contributed by atoms with E-state index in [1.54, 1.807) is 24.3 Å². The fraction of sp³-hybridized carbons (Fsp3) is 0.125. The molecule has 0 radical (unpaired) electrons. The van der Waals surface area contributed by atoms with Gasteiger partial charge in [-0.25, -0.2) is 0 Å². The summed E-state index contributed by atoms with van der Waals surface area (Å²) in [5.74, 6) is 0.395. The van der Waals surface area contributed by atoms with Crippen molar-refractivity contribution in [2.75, 3.05) is 7.05 Å². The quantitative estimate of drug-likeness (QED) is 0.522. The molecule has 0 atom stereocenters. The van der Waals surface area contributed by atoms with E-state index in [0.29, 0.717) is 12.3 Å². The van der Waals surface area contributed by atoms with Gasteiger partial charge in [0.1, 0.15) is 5.69 Å². The average Bonchev–Trinajstić information content (AvgIpc) is 3.36. The van der Waals surface area contributed by atoms with Gasteiger partial charge in [-0.2, -0.15) is 0 Å². The Balaban J connectivity index is 1.41. The molecule has 1 aliphatic carbocycles. The van der Waals surface area contributed by atoms with E-state index in [2.05, 4.69) is 22.3 Å². The lowest BCUT2D eigenvalue weighted by atomic mass is 9.95. The molecule has 2 aromatic carbocycles. The zero-order valence-corrected chi connectivity index (χ0v) is 15.9. The maximum Gasteiger partial charge on any atom is 0.234 e. The van der Waals surface area contributed by atoms with Gasteiger partial charge in [0.25, 0.3) is 0 Å². The van der Waals surface area contributed by atoms with Crippen LogP contribution in [0.25, 0.3) is 22.4 Å². The molecular weight excluding hydrogens is 362 g/mol. The van der Waals surface area contributed by atoms with Crippen LogP contribution in [0.15, 0.2) is 83.6 Å². The summed E-state index contributed by atoms with van der Waals surface area (Å²) < 4.78 is 5.48. The van der Waals surface area contributed by atoms with E-state index in [1.807, 2.05) is 54.6 Å². The Kier molecular flexibility index (Phi) is 4.21. The van der Waals surface area contributed by atoms with E-state index in [9.17, 15) is 4.79 Å². The summed E-state index contributed by atoms with van der Waals surface area (Å²) in [5.41, 5.74) is 6.05. The molecule has 1 aliphatic rings. The molecule has 0 fully saturated rings. The Hall–Kier alpha value is -3.73. The van der Waals surface area contributed by atoms with Crippen molar-refractivity contribution in [1.82, 2.24) is 15.0 Å². The normalized spacial score (nSPS) is 12.4. The summed E-state index contributed by atoms with van der Waals surface area (Å²) in [5, 5.41) is 4.13. The first kappa shape index (κ1) is 17.4. The number of hydrogen-bond donors (Lipinski definition) is 0. The Morgan fingerprint density at radius 2 is 1.59 bits per heavy atom. The van der Waals surface area contributed by atoms with Gasteiger partial charge in [0, 0.05) is 31.1 Å². The summed E-state index contributed by atoms with van der Waals surface area (Å²) in [4.78, 5) is 19.1. The molecule has 0 unspecified atom stereocenters. The molecule has 2 heterocycles. The molecular formula is C24H19N3O2. The third kappa shape index (κ3) is 3.01. The summed E-state index contributed by atoms with van der Waals surface area (Å²) in [6.07, 6.45) is 3.43. The number of benzene rings is 2. The van der Waals surface area contributed by atoms with Gasteiger partial charge in [0.15, 0.2) is 5.76 Å². The van der Waals surface area contributed by atoms with Gasteiger partial charge in [-0.1, -0.05) is 53.7 Å². The van der Waals surface area contributed by atoms with E-state index in [-0.39, 0.29) is 11.8 Å². The number of carbonyl (C=O) groups excluding carboxylic acids is 1. The second-order valence-electron chi connectivity index (χ2n) is 7.22. The molecule has 29 heavy (non-hydrogen) atoms. The lowest BCUT2D eigenvalue weighted by molar-refractivity contribution is -0.131. The predicted octanol–water partition coefficient (Wildman–Crippen LogP) is 4.51. The van der Waals surface area contributed by atoms with Gasteiger partial charge in [0.2, 0.25) is 5.91 Å². The number of likely N-dealkylation sites (N-methyl/N-ethyl adjacent to an activating group) is 1. The first-order valence-electron chi connectivity index (χ1n) is 9.51. The van der Waals surface area contributed by atoms with Gasteiger partial charge >= 0.3 is 0 Å². The molecule has 1 amide bonds. The molecule has 0 saturated carbocycles. The molecule has 5 heteroatoms. The molecule has 4 aromatic rings. The SMILES string of the molecule is CN(Cc1cc(-c2ccncc2)no1)C(=O)C1c2ccccc2-c2ccccc21. The highest BCUT2D eigenvalue weighted by atomic mass is 16.5. The Labute approximate surface area is 168 Å². The van der Waals surface area contributed by atoms with Gasteiger partial charge < -0.3 is 9.42 Å². The minimum atomic E-state index is -0.296. The van der Waals surface area contributed by atoms with Crippen LogP contribution < -0.4 is 0 Å². The Morgan fingerprint density at radius 1 is 0.966 bits per heavy atom. The largest absolute Gasteiger partial charge is 0.359 e. The average molecular weight is 381 g/mol. The lowest BCUT2D eigenvalue weighted by Crippen LogP contribution is -2.31. The molecule has 0 N–H and O–H groups in total. The Bertz CT molecular complexity index is 1140. The molecule has 5 rings (SSSR count). The van der Waals surface area contributed by atoms with Crippen molar-refractivity contribution in [3.63, 3.8) is 0 Å². The highest BCUT2D eigenvalue weighted by Crippen LogP contribution is 2.45. The van der Waals surface area contributed by atoms with Crippen LogP contribution in [0.2, 0.25) is 0 Å². The topological polar surface area (TPSA) is 59.2 Å². The van der Waals surface area contributed by atoms with E-state index in [1.165, 1.54) is 0 Å². The van der Waals surface area contributed by atoms with E-state index < -0.39 is 0 Å². The maximum atomic E-state index is 13.4. The molecule has 0 spiro atoms. The van der Waals surface area contributed by atoms with E-state index in [4.69, 9.17) is 4.52 Å². The number of aromatic nitrogens is 2. The fourth-order valence-corrected chi connectivity index (χ4v) is 4.00. The maximum absolute atomic E-state index is 13.4. The minimum Gasteiger partial charge on any atom is -0.359 e. The second-order valence-corrected chi connectivity index (χ2v) is 7.22. The minimum absolute atomic E-state index is 0.0456. The number of fused-ring (bicyclic) bond motifs is 3. The number of rotatable bonds is 4. The standard InChI is InChI=1S/C24H19N3O2/c1-27(15-17-14-22(26-29-17)16-10-12-25-13-11-16)24(28)23-20-8-4-2-6-18(20)19-7-3-5-9-21(19)23/h2-14,23H,15H2,1H3. The highest BCUT2D eigenvalue weighted by molar-refractivity contribution is 5.96. The first-order valence-corrected chi connectivity index (χ1v) is 9.51. The van der Waals surface area contributed by atoms with Gasteiger partial charge in [-0.3, -0.25) is 9.78 Å². The van der Waals surface area contributed by atoms with Crippen LogP contribution in [0, 0.1) is 0 Å². The van der Waals surface area contributed by atoms with Crippen LogP contribution in [0.5, 0.6) is 0 Å². The zero-order valence-electron chi connectivity index (χ0n) is 15.9. The second kappa shape index (κ2) is 7.02. The summed E-state index contributed by atoms with van der Waals surface area (Å²) >= 11 is 0. The van der Waals surface area contributed by atoms with Crippen LogP contribution in [0.3, 0.4) is 0 Å². The number of hydrogen-bond acceptors (Lipinski definition) is 4. The highest BCUT2D eigenvalue weighted by Gasteiger charge is 2.35. The molecule has 0 aliphatic heterocycles. The molecule has 0 saturated heterocycles. The van der Waals surface area contributed by atoms with Crippen LogP contribution >= 0.6 is 0 Å². The summed E-state index contributed by atoms with van der Waals surface area (Å²) in [6, 6.07) is 21.9. The van der Waals surface area contributed by atoms with E-state index >= 15 is 0 Å². The van der Waals surface area contributed by atoms with Crippen molar-refractivity contribution < 1.29 is 9.32 Å². The fourth-order valence-electron chi connectivity index (χ4n) is 4.00. The lowest BCUT2D eigenvalue weighted by Gasteiger charge is -2.21. The predicted molar refractivity (Wildman–Crippen MR) is 110 cm³/mol. The summed E-state index contributed by atoms with van der Waals surface area (Å²) in [6.45, 7) is 0.359. The first-order chi connectivity index (χ1) is 14.2. The zero-order chi connectivity index (χ0) is 19.8. The van der Waals surface area contributed by atoms with Crippen molar-refractivity contribution in [3.8, 4) is 22.4 Å². The summed E-state index contributed by atoms with van der Waals surface area (Å²) in [7, 11) is 1.81. The number of pyridine rings is 1. The third-order valence-corrected chi connectivity index (χ3v) is 5.38. The number of nitrogens with zero attached hydrogens (tertiary/aromatic N) is 3. The third-order valence-electron chi connectivity index (χ3n) is 5.38.